The molecule has 1 atom stereocenters. The first-order valence-electron chi connectivity index (χ1n) is 4.75. The fraction of sp³-hybridized carbons (Fsp3) is 0.364. The minimum absolute atomic E-state index is 0.276. The van der Waals surface area contributed by atoms with Crippen LogP contribution in [-0.4, -0.2) is 19.3 Å². The van der Waals surface area contributed by atoms with E-state index < -0.39 is 17.7 Å². The van der Waals surface area contributed by atoms with Gasteiger partial charge in [-0.25, -0.2) is 4.79 Å². The number of aryl methyl sites for hydroxylation is 1. The third-order valence-electron chi connectivity index (χ3n) is 2.52. The van der Waals surface area contributed by atoms with E-state index in [4.69, 9.17) is 5.73 Å². The summed E-state index contributed by atoms with van der Waals surface area (Å²) in [5, 5.41) is 0. The van der Waals surface area contributed by atoms with Gasteiger partial charge in [-0.05, 0) is 18.1 Å². The molecule has 0 saturated heterocycles. The summed E-state index contributed by atoms with van der Waals surface area (Å²) in [6.45, 7) is 1.45. The number of hydrogen-bond acceptors (Lipinski definition) is 3. The second-order valence-electron chi connectivity index (χ2n) is 3.61. The molecule has 0 aliphatic carbocycles. The Bertz CT molecular complexity index is 431. The lowest BCUT2D eigenvalue weighted by atomic mass is 9.87. The fourth-order valence-electron chi connectivity index (χ4n) is 1.55. The van der Waals surface area contributed by atoms with Crippen molar-refractivity contribution in [1.82, 2.24) is 0 Å². The van der Waals surface area contributed by atoms with Gasteiger partial charge >= 0.3 is 12.1 Å². The lowest BCUT2D eigenvalue weighted by Crippen LogP contribution is -2.57. The van der Waals surface area contributed by atoms with Crippen LogP contribution in [0.2, 0.25) is 0 Å². The molecule has 1 unspecified atom stereocenters. The Morgan fingerprint density at radius 1 is 1.29 bits per heavy atom. The molecular weight excluding hydrogens is 235 g/mol. The average Bonchev–Trinajstić information content (AvgIpc) is 2.26. The average molecular weight is 247 g/mol. The molecule has 1 rings (SSSR count). The molecule has 0 aromatic heterocycles. The molecule has 6 heteroatoms. The number of hydrogen-bond donors (Lipinski definition) is 1. The van der Waals surface area contributed by atoms with Gasteiger partial charge in [0.1, 0.15) is 0 Å². The molecule has 94 valence electrons. The van der Waals surface area contributed by atoms with E-state index in [9.17, 15) is 18.0 Å². The lowest BCUT2D eigenvalue weighted by molar-refractivity contribution is -0.207. The van der Waals surface area contributed by atoms with Crippen molar-refractivity contribution in [3.63, 3.8) is 0 Å². The topological polar surface area (TPSA) is 52.3 Å². The molecule has 1 aromatic rings. The number of methoxy groups -OCH3 is 1. The molecule has 0 aliphatic rings. The SMILES string of the molecule is COC(=O)C(N)(c1ccccc1C)C(F)(F)F. The van der Waals surface area contributed by atoms with Gasteiger partial charge in [0.05, 0.1) is 7.11 Å². The van der Waals surface area contributed by atoms with Crippen molar-refractivity contribution in [3.05, 3.63) is 35.4 Å². The third-order valence-corrected chi connectivity index (χ3v) is 2.52. The van der Waals surface area contributed by atoms with Crippen molar-refractivity contribution in [2.45, 2.75) is 18.6 Å². The van der Waals surface area contributed by atoms with E-state index in [2.05, 4.69) is 4.74 Å². The monoisotopic (exact) mass is 247 g/mol. The predicted molar refractivity (Wildman–Crippen MR) is 55.1 cm³/mol. The van der Waals surface area contributed by atoms with Gasteiger partial charge in [-0.1, -0.05) is 24.3 Å². The number of nitrogens with two attached hydrogens (primary N) is 1. The molecule has 0 fully saturated rings. The summed E-state index contributed by atoms with van der Waals surface area (Å²) in [6.07, 6.45) is -4.92. The van der Waals surface area contributed by atoms with Crippen molar-refractivity contribution in [2.75, 3.05) is 7.11 Å². The van der Waals surface area contributed by atoms with Crippen LogP contribution in [0.3, 0.4) is 0 Å². The maximum absolute atomic E-state index is 13.0. The van der Waals surface area contributed by atoms with Crippen LogP contribution >= 0.6 is 0 Å². The molecule has 0 radical (unpaired) electrons. The maximum Gasteiger partial charge on any atom is 0.421 e. The standard InChI is InChI=1S/C11H12F3NO2/c1-7-5-3-4-6-8(7)10(15,9(16)17-2)11(12,13)14/h3-6H,15H2,1-2H3. The quantitative estimate of drug-likeness (QED) is 0.812. The van der Waals surface area contributed by atoms with Crippen LogP contribution in [0.25, 0.3) is 0 Å². The Labute approximate surface area is 96.4 Å². The number of esters is 1. The maximum atomic E-state index is 13.0. The Morgan fingerprint density at radius 3 is 2.24 bits per heavy atom. The van der Waals surface area contributed by atoms with Crippen molar-refractivity contribution in [2.24, 2.45) is 5.73 Å². The minimum Gasteiger partial charge on any atom is -0.467 e. The molecule has 0 saturated carbocycles. The number of carbonyl (C=O) groups excluding carboxylic acids is 1. The van der Waals surface area contributed by atoms with Crippen LogP contribution < -0.4 is 5.73 Å². The Morgan fingerprint density at radius 2 is 1.82 bits per heavy atom. The minimum atomic E-state index is -4.92. The fourth-order valence-corrected chi connectivity index (χ4v) is 1.55. The number of benzene rings is 1. The molecule has 0 bridgehead atoms. The smallest absolute Gasteiger partial charge is 0.421 e. The highest BCUT2D eigenvalue weighted by Gasteiger charge is 2.60. The summed E-state index contributed by atoms with van der Waals surface area (Å²) in [6, 6.07) is 5.57. The summed E-state index contributed by atoms with van der Waals surface area (Å²) in [5.74, 6) is -1.53. The summed E-state index contributed by atoms with van der Waals surface area (Å²) >= 11 is 0. The largest absolute Gasteiger partial charge is 0.467 e. The van der Waals surface area contributed by atoms with Gasteiger partial charge in [-0.2, -0.15) is 13.2 Å². The van der Waals surface area contributed by atoms with E-state index >= 15 is 0 Å². The number of rotatable bonds is 2. The highest BCUT2D eigenvalue weighted by Crippen LogP contribution is 2.39. The van der Waals surface area contributed by atoms with E-state index in [1.54, 1.807) is 6.07 Å². The van der Waals surface area contributed by atoms with E-state index in [-0.39, 0.29) is 11.1 Å². The summed E-state index contributed by atoms with van der Waals surface area (Å²) in [5.41, 5.74) is 2.09. The first-order valence-corrected chi connectivity index (χ1v) is 4.75. The molecule has 2 N–H and O–H groups in total. The van der Waals surface area contributed by atoms with E-state index in [0.29, 0.717) is 0 Å². The van der Waals surface area contributed by atoms with E-state index in [0.717, 1.165) is 7.11 Å². The van der Waals surface area contributed by atoms with Gasteiger partial charge in [0, 0.05) is 0 Å². The van der Waals surface area contributed by atoms with Gasteiger partial charge in [0.2, 0.25) is 5.54 Å². The molecule has 0 spiro atoms. The zero-order valence-electron chi connectivity index (χ0n) is 9.34. The molecule has 3 nitrogen and oxygen atoms in total. The first-order chi connectivity index (χ1) is 7.75. The number of alkyl halides is 3. The second-order valence-corrected chi connectivity index (χ2v) is 3.61. The van der Waals surface area contributed by atoms with Gasteiger partial charge in [-0.15, -0.1) is 0 Å². The molecule has 0 amide bonds. The molecule has 17 heavy (non-hydrogen) atoms. The van der Waals surface area contributed by atoms with Crippen LogP contribution in [0.1, 0.15) is 11.1 Å². The van der Waals surface area contributed by atoms with Crippen molar-refractivity contribution in [1.29, 1.82) is 0 Å². The Hall–Kier alpha value is -1.56. The van der Waals surface area contributed by atoms with Crippen molar-refractivity contribution >= 4 is 5.97 Å². The second kappa shape index (κ2) is 4.37. The zero-order valence-corrected chi connectivity index (χ0v) is 9.34. The molecule has 0 aliphatic heterocycles. The van der Waals surface area contributed by atoms with Crippen LogP contribution in [0.15, 0.2) is 24.3 Å². The van der Waals surface area contributed by atoms with E-state index in [1.807, 2.05) is 0 Å². The van der Waals surface area contributed by atoms with Crippen molar-refractivity contribution in [3.8, 4) is 0 Å². The van der Waals surface area contributed by atoms with Crippen LogP contribution in [0.4, 0.5) is 13.2 Å². The van der Waals surface area contributed by atoms with E-state index in [1.165, 1.54) is 25.1 Å². The number of carbonyl (C=O) groups is 1. The Kier molecular flexibility index (Phi) is 3.47. The van der Waals surface area contributed by atoms with Crippen LogP contribution in [0, 0.1) is 6.92 Å². The van der Waals surface area contributed by atoms with Gasteiger partial charge < -0.3 is 10.5 Å². The first kappa shape index (κ1) is 13.5. The van der Waals surface area contributed by atoms with Crippen LogP contribution in [-0.2, 0) is 15.1 Å². The van der Waals surface area contributed by atoms with Gasteiger partial charge in [0.15, 0.2) is 0 Å². The van der Waals surface area contributed by atoms with Gasteiger partial charge in [0.25, 0.3) is 0 Å². The summed E-state index contributed by atoms with van der Waals surface area (Å²) in [4.78, 5) is 11.4. The highest BCUT2D eigenvalue weighted by molar-refractivity contribution is 5.84. The van der Waals surface area contributed by atoms with Crippen LogP contribution in [0.5, 0.6) is 0 Å². The molecular formula is C11H12F3NO2. The number of ether oxygens (including phenoxy) is 1. The normalized spacial score (nSPS) is 15.2. The molecule has 1 aromatic carbocycles. The third kappa shape index (κ3) is 2.12. The highest BCUT2D eigenvalue weighted by atomic mass is 19.4. The number of halogens is 3. The Balaban J connectivity index is 3.46. The lowest BCUT2D eigenvalue weighted by Gasteiger charge is -2.30. The zero-order chi connectivity index (χ0) is 13.3. The predicted octanol–water partition coefficient (Wildman–Crippen LogP) is 1.88. The van der Waals surface area contributed by atoms with Crippen molar-refractivity contribution < 1.29 is 22.7 Å². The molecule has 0 heterocycles. The van der Waals surface area contributed by atoms with Gasteiger partial charge in [-0.3, -0.25) is 0 Å². The summed E-state index contributed by atoms with van der Waals surface area (Å²) in [7, 11) is 0.869. The summed E-state index contributed by atoms with van der Waals surface area (Å²) < 4.78 is 43.1.